The summed E-state index contributed by atoms with van der Waals surface area (Å²) in [4.78, 5) is 0. The van der Waals surface area contributed by atoms with E-state index in [-0.39, 0.29) is 0 Å². The molecule has 3 heteroatoms. The maximum absolute atomic E-state index is 5.52. The lowest BCUT2D eigenvalue weighted by molar-refractivity contribution is 0.692. The second kappa shape index (κ2) is 2.44. The predicted octanol–water partition coefficient (Wildman–Crippen LogP) is 0.407. The van der Waals surface area contributed by atoms with Crippen molar-refractivity contribution in [2.75, 3.05) is 5.73 Å². The Bertz CT molecular complexity index is 267. The van der Waals surface area contributed by atoms with Crippen LogP contribution in [0.4, 0.5) is 5.69 Å². The number of rotatable bonds is 1. The first-order valence-corrected chi connectivity index (χ1v) is 2.97. The summed E-state index contributed by atoms with van der Waals surface area (Å²) in [5.74, 6) is 2.48. The summed E-state index contributed by atoms with van der Waals surface area (Å²) >= 11 is 0. The minimum atomic E-state index is 0.489. The zero-order valence-electron chi connectivity index (χ0n) is 5.83. The summed E-state index contributed by atoms with van der Waals surface area (Å²) < 4.78 is 1.69. The van der Waals surface area contributed by atoms with Gasteiger partial charge < -0.3 is 5.73 Å². The Hall–Kier alpha value is -1.43. The molecule has 0 spiro atoms. The average Bonchev–Trinajstić information content (AvgIpc) is 2.20. The van der Waals surface area contributed by atoms with Crippen molar-refractivity contribution in [3.8, 4) is 12.3 Å². The lowest BCUT2D eigenvalue weighted by Gasteiger charge is -1.96. The molecule has 3 nitrogen and oxygen atoms in total. The molecule has 0 amide bonds. The molecule has 0 unspecified atom stereocenters. The predicted molar refractivity (Wildman–Crippen MR) is 40.2 cm³/mol. The van der Waals surface area contributed by atoms with Crippen LogP contribution in [0.2, 0.25) is 0 Å². The van der Waals surface area contributed by atoms with Gasteiger partial charge >= 0.3 is 0 Å². The lowest BCUT2D eigenvalue weighted by atomic mass is 10.4. The molecule has 10 heavy (non-hydrogen) atoms. The number of aromatic nitrogens is 2. The topological polar surface area (TPSA) is 43.8 Å². The highest BCUT2D eigenvalue weighted by Crippen LogP contribution is 2.06. The highest BCUT2D eigenvalue weighted by atomic mass is 15.3. The third-order valence-corrected chi connectivity index (χ3v) is 1.38. The van der Waals surface area contributed by atoms with Crippen LogP contribution in [-0.2, 0) is 6.54 Å². The van der Waals surface area contributed by atoms with Crippen molar-refractivity contribution in [1.82, 2.24) is 9.78 Å². The van der Waals surface area contributed by atoms with E-state index in [4.69, 9.17) is 12.2 Å². The van der Waals surface area contributed by atoms with E-state index >= 15 is 0 Å². The molecule has 0 fully saturated rings. The van der Waals surface area contributed by atoms with Gasteiger partial charge in [0.15, 0.2) is 0 Å². The van der Waals surface area contributed by atoms with E-state index in [0.29, 0.717) is 12.2 Å². The van der Waals surface area contributed by atoms with Gasteiger partial charge in [0.25, 0.3) is 0 Å². The normalized spacial score (nSPS) is 9.20. The molecule has 1 heterocycles. The number of nitrogens with zero attached hydrogens (tertiary/aromatic N) is 2. The molecular formula is C7H9N3. The molecule has 1 rings (SSSR count). The van der Waals surface area contributed by atoms with Gasteiger partial charge in [-0.3, -0.25) is 4.68 Å². The Morgan fingerprint density at radius 1 is 1.90 bits per heavy atom. The number of nitrogen functional groups attached to an aromatic ring is 1. The molecule has 0 radical (unpaired) electrons. The Balaban J connectivity index is 2.96. The molecular weight excluding hydrogens is 126 g/mol. The average molecular weight is 135 g/mol. The summed E-state index contributed by atoms with van der Waals surface area (Å²) in [6.07, 6.45) is 6.69. The number of hydrogen-bond donors (Lipinski definition) is 1. The second-order valence-electron chi connectivity index (χ2n) is 2.05. The van der Waals surface area contributed by atoms with E-state index in [1.54, 1.807) is 10.9 Å². The van der Waals surface area contributed by atoms with Gasteiger partial charge in [0.1, 0.15) is 6.54 Å². The Labute approximate surface area is 59.8 Å². The lowest BCUT2D eigenvalue weighted by Crippen LogP contribution is -2.00. The summed E-state index contributed by atoms with van der Waals surface area (Å²) in [6.45, 7) is 2.38. The summed E-state index contributed by atoms with van der Waals surface area (Å²) in [7, 11) is 0. The Morgan fingerprint density at radius 2 is 2.60 bits per heavy atom. The number of nitrogens with two attached hydrogens (primary N) is 1. The van der Waals surface area contributed by atoms with Crippen molar-refractivity contribution < 1.29 is 0 Å². The van der Waals surface area contributed by atoms with Crippen LogP contribution in [0.5, 0.6) is 0 Å². The third-order valence-electron chi connectivity index (χ3n) is 1.38. The number of hydrogen-bond acceptors (Lipinski definition) is 2. The molecule has 2 N–H and O–H groups in total. The summed E-state index contributed by atoms with van der Waals surface area (Å²) in [5, 5.41) is 3.95. The monoisotopic (exact) mass is 135 g/mol. The molecule has 1 aromatic heterocycles. The van der Waals surface area contributed by atoms with Crippen molar-refractivity contribution in [2.24, 2.45) is 0 Å². The molecule has 0 aromatic carbocycles. The summed E-state index contributed by atoms with van der Waals surface area (Å²) in [5.41, 5.74) is 7.14. The third kappa shape index (κ3) is 0.960. The van der Waals surface area contributed by atoms with E-state index in [9.17, 15) is 0 Å². The van der Waals surface area contributed by atoms with Crippen LogP contribution >= 0.6 is 0 Å². The van der Waals surface area contributed by atoms with Crippen LogP contribution in [-0.4, -0.2) is 9.78 Å². The maximum Gasteiger partial charge on any atom is 0.102 e. The van der Waals surface area contributed by atoms with E-state index in [1.165, 1.54) is 0 Å². The smallest absolute Gasteiger partial charge is 0.102 e. The van der Waals surface area contributed by atoms with Crippen LogP contribution in [0.3, 0.4) is 0 Å². The largest absolute Gasteiger partial charge is 0.396 e. The van der Waals surface area contributed by atoms with Crippen LogP contribution in [0.15, 0.2) is 6.20 Å². The Kier molecular flexibility index (Phi) is 1.63. The van der Waals surface area contributed by atoms with Crippen molar-refractivity contribution in [1.29, 1.82) is 0 Å². The first-order chi connectivity index (χ1) is 4.75. The van der Waals surface area contributed by atoms with Gasteiger partial charge in [0, 0.05) is 0 Å². The van der Waals surface area contributed by atoms with Crippen LogP contribution in [0, 0.1) is 19.3 Å². The molecule has 0 aliphatic rings. The molecule has 0 aliphatic carbocycles. The fourth-order valence-electron chi connectivity index (χ4n) is 0.707. The van der Waals surface area contributed by atoms with Gasteiger partial charge in [-0.15, -0.1) is 6.42 Å². The van der Waals surface area contributed by atoms with E-state index in [2.05, 4.69) is 11.0 Å². The quantitative estimate of drug-likeness (QED) is 0.567. The molecule has 0 bridgehead atoms. The van der Waals surface area contributed by atoms with Crippen molar-refractivity contribution in [3.63, 3.8) is 0 Å². The van der Waals surface area contributed by atoms with Crippen LogP contribution in [0.1, 0.15) is 5.69 Å². The van der Waals surface area contributed by atoms with Gasteiger partial charge in [0.2, 0.25) is 0 Å². The summed E-state index contributed by atoms with van der Waals surface area (Å²) in [6, 6.07) is 0. The zero-order chi connectivity index (χ0) is 7.56. The zero-order valence-corrected chi connectivity index (χ0v) is 5.83. The van der Waals surface area contributed by atoms with E-state index in [1.807, 2.05) is 6.92 Å². The minimum Gasteiger partial charge on any atom is -0.396 e. The van der Waals surface area contributed by atoms with Gasteiger partial charge in [-0.05, 0) is 6.92 Å². The van der Waals surface area contributed by atoms with Crippen molar-refractivity contribution in [2.45, 2.75) is 13.5 Å². The van der Waals surface area contributed by atoms with Crippen molar-refractivity contribution in [3.05, 3.63) is 11.9 Å². The standard InChI is InChI=1S/C7H9N3/c1-3-4-10-6(2)7(8)5-9-10/h1,5H,4,8H2,2H3. The van der Waals surface area contributed by atoms with Gasteiger partial charge in [-0.25, -0.2) is 0 Å². The highest BCUT2D eigenvalue weighted by Gasteiger charge is 1.98. The highest BCUT2D eigenvalue weighted by molar-refractivity contribution is 5.39. The molecule has 0 atom stereocenters. The second-order valence-corrected chi connectivity index (χ2v) is 2.05. The van der Waals surface area contributed by atoms with Crippen molar-refractivity contribution >= 4 is 5.69 Å². The molecule has 1 aromatic rings. The van der Waals surface area contributed by atoms with E-state index < -0.39 is 0 Å². The van der Waals surface area contributed by atoms with Crippen LogP contribution < -0.4 is 5.73 Å². The fourth-order valence-corrected chi connectivity index (χ4v) is 0.707. The first-order valence-electron chi connectivity index (χ1n) is 2.97. The van der Waals surface area contributed by atoms with Gasteiger partial charge in [-0.1, -0.05) is 5.92 Å². The molecule has 0 saturated heterocycles. The molecule has 52 valence electrons. The van der Waals surface area contributed by atoms with Crippen LogP contribution in [0.25, 0.3) is 0 Å². The Morgan fingerprint density at radius 3 is 3.00 bits per heavy atom. The first kappa shape index (κ1) is 6.69. The van der Waals surface area contributed by atoms with Gasteiger partial charge in [-0.2, -0.15) is 5.10 Å². The SMILES string of the molecule is C#CCn1ncc(N)c1C. The molecule has 0 aliphatic heterocycles. The maximum atomic E-state index is 5.52. The minimum absolute atomic E-state index is 0.489. The molecule has 0 saturated carbocycles. The fraction of sp³-hybridized carbons (Fsp3) is 0.286. The van der Waals surface area contributed by atoms with E-state index in [0.717, 1.165) is 5.69 Å². The number of terminal acetylenes is 1. The van der Waals surface area contributed by atoms with Gasteiger partial charge in [0.05, 0.1) is 17.6 Å². The number of anilines is 1.